The number of carbonyl (C=O) groups is 2. The fourth-order valence-electron chi connectivity index (χ4n) is 2.07. The number of carbonyl (C=O) groups excluding carboxylic acids is 2. The lowest BCUT2D eigenvalue weighted by atomic mass is 10.3. The van der Waals surface area contributed by atoms with Crippen molar-refractivity contribution in [1.82, 2.24) is 9.62 Å². The van der Waals surface area contributed by atoms with Gasteiger partial charge in [0.05, 0.1) is 4.90 Å². The molecule has 0 saturated heterocycles. The van der Waals surface area contributed by atoms with Crippen LogP contribution >= 0.6 is 0 Å². The number of esters is 1. The maximum atomic E-state index is 12.9. The van der Waals surface area contributed by atoms with Crippen molar-refractivity contribution < 1.29 is 27.1 Å². The highest BCUT2D eigenvalue weighted by Gasteiger charge is 2.24. The lowest BCUT2D eigenvalue weighted by molar-refractivity contribution is -0.148. The first kappa shape index (κ1) is 19.3. The summed E-state index contributed by atoms with van der Waals surface area (Å²) in [7, 11) is -2.35. The van der Waals surface area contributed by atoms with Crippen molar-refractivity contribution in [2.24, 2.45) is 0 Å². The minimum absolute atomic E-state index is 0.0000135. The quantitative estimate of drug-likeness (QED) is 0.654. The number of hydrogen-bond acceptors (Lipinski definition) is 5. The van der Waals surface area contributed by atoms with Crippen LogP contribution in [-0.2, 0) is 24.3 Å². The van der Waals surface area contributed by atoms with Crippen LogP contribution in [0.2, 0.25) is 0 Å². The molecule has 0 aliphatic heterocycles. The second-order valence-electron chi connectivity index (χ2n) is 5.89. The molecule has 1 saturated carbocycles. The van der Waals surface area contributed by atoms with Gasteiger partial charge in [0, 0.05) is 26.1 Å². The molecule has 2 rings (SSSR count). The smallest absolute Gasteiger partial charge is 0.306 e. The summed E-state index contributed by atoms with van der Waals surface area (Å²) in [6.07, 6.45) is 2.16. The van der Waals surface area contributed by atoms with Crippen molar-refractivity contribution in [2.45, 2.75) is 36.6 Å². The Kier molecular flexibility index (Phi) is 6.49. The van der Waals surface area contributed by atoms with Gasteiger partial charge in [0.15, 0.2) is 6.61 Å². The number of rotatable bonds is 9. The molecule has 1 aromatic rings. The van der Waals surface area contributed by atoms with Crippen molar-refractivity contribution in [2.75, 3.05) is 20.2 Å². The Morgan fingerprint density at radius 3 is 2.52 bits per heavy atom. The topological polar surface area (TPSA) is 92.8 Å². The van der Waals surface area contributed by atoms with Crippen LogP contribution < -0.4 is 5.32 Å². The van der Waals surface area contributed by atoms with Crippen LogP contribution in [0, 0.1) is 5.82 Å². The highest BCUT2D eigenvalue weighted by Crippen LogP contribution is 2.18. The summed E-state index contributed by atoms with van der Waals surface area (Å²) >= 11 is 0. The molecular formula is C16H21FN2O5S. The molecule has 1 fully saturated rings. The molecule has 0 aromatic heterocycles. The number of halogens is 1. The van der Waals surface area contributed by atoms with E-state index < -0.39 is 21.8 Å². The maximum Gasteiger partial charge on any atom is 0.306 e. The summed E-state index contributed by atoms with van der Waals surface area (Å²) in [5, 5.41) is 2.70. The van der Waals surface area contributed by atoms with E-state index in [1.165, 1.54) is 19.2 Å². The monoisotopic (exact) mass is 372 g/mol. The number of nitrogens with zero attached hydrogens (tertiary/aromatic N) is 1. The van der Waals surface area contributed by atoms with Gasteiger partial charge in [-0.25, -0.2) is 17.1 Å². The van der Waals surface area contributed by atoms with Crippen molar-refractivity contribution in [3.8, 4) is 0 Å². The zero-order valence-electron chi connectivity index (χ0n) is 13.9. The van der Waals surface area contributed by atoms with E-state index in [0.717, 1.165) is 29.3 Å². The third-order valence-electron chi connectivity index (χ3n) is 3.68. The number of amides is 1. The third kappa shape index (κ3) is 6.09. The van der Waals surface area contributed by atoms with E-state index in [9.17, 15) is 22.4 Å². The molecule has 0 spiro atoms. The summed E-state index contributed by atoms with van der Waals surface area (Å²) in [5.74, 6) is -1.40. The van der Waals surface area contributed by atoms with E-state index in [-0.39, 0.29) is 42.8 Å². The SMILES string of the molecule is CN(CCCC(=O)OCC(=O)NC1CC1)S(=O)(=O)c1ccc(F)cc1. The first-order chi connectivity index (χ1) is 11.8. The van der Waals surface area contributed by atoms with E-state index in [0.29, 0.717) is 0 Å². The van der Waals surface area contributed by atoms with E-state index in [2.05, 4.69) is 5.32 Å². The molecule has 1 amide bonds. The lowest BCUT2D eigenvalue weighted by Crippen LogP contribution is -2.31. The molecule has 1 aliphatic rings. The average Bonchev–Trinajstić information content (AvgIpc) is 3.37. The van der Waals surface area contributed by atoms with Gasteiger partial charge in [0.25, 0.3) is 5.91 Å². The van der Waals surface area contributed by atoms with Crippen molar-refractivity contribution >= 4 is 21.9 Å². The fraction of sp³-hybridized carbons (Fsp3) is 0.500. The van der Waals surface area contributed by atoms with Gasteiger partial charge >= 0.3 is 5.97 Å². The molecule has 25 heavy (non-hydrogen) atoms. The molecule has 7 nitrogen and oxygen atoms in total. The molecule has 1 aliphatic carbocycles. The summed E-state index contributed by atoms with van der Waals surface area (Å²) in [5.41, 5.74) is 0. The van der Waals surface area contributed by atoms with Crippen LogP contribution in [0.4, 0.5) is 4.39 Å². The number of benzene rings is 1. The minimum Gasteiger partial charge on any atom is -0.456 e. The van der Waals surface area contributed by atoms with Crippen LogP contribution in [0.1, 0.15) is 25.7 Å². The Balaban J connectivity index is 1.71. The van der Waals surface area contributed by atoms with Crippen molar-refractivity contribution in [1.29, 1.82) is 0 Å². The average molecular weight is 372 g/mol. The van der Waals surface area contributed by atoms with E-state index in [1.54, 1.807) is 0 Å². The predicted octanol–water partition coefficient (Wildman–Crippen LogP) is 1.05. The first-order valence-corrected chi connectivity index (χ1v) is 9.40. The maximum absolute atomic E-state index is 12.9. The normalized spacial score (nSPS) is 14.4. The highest BCUT2D eigenvalue weighted by molar-refractivity contribution is 7.89. The minimum atomic E-state index is -3.74. The van der Waals surface area contributed by atoms with E-state index >= 15 is 0 Å². The summed E-state index contributed by atoms with van der Waals surface area (Å²) < 4.78 is 43.4. The third-order valence-corrected chi connectivity index (χ3v) is 5.55. The van der Waals surface area contributed by atoms with Gasteiger partial charge in [-0.2, -0.15) is 0 Å². The van der Waals surface area contributed by atoms with Gasteiger partial charge in [-0.3, -0.25) is 9.59 Å². The lowest BCUT2D eigenvalue weighted by Gasteiger charge is -2.16. The standard InChI is InChI=1S/C16H21FN2O5S/c1-19(25(22,23)14-8-4-12(17)5-9-14)10-2-3-16(21)24-11-15(20)18-13-6-7-13/h4-5,8-9,13H,2-3,6-7,10-11H2,1H3,(H,18,20). The van der Waals surface area contributed by atoms with Gasteiger partial charge < -0.3 is 10.1 Å². The zero-order valence-corrected chi connectivity index (χ0v) is 14.7. The second-order valence-corrected chi connectivity index (χ2v) is 7.93. The van der Waals surface area contributed by atoms with Crippen LogP contribution in [0.5, 0.6) is 0 Å². The van der Waals surface area contributed by atoms with Crippen LogP contribution in [0.3, 0.4) is 0 Å². The molecular weight excluding hydrogens is 351 g/mol. The van der Waals surface area contributed by atoms with Crippen molar-refractivity contribution in [3.05, 3.63) is 30.1 Å². The van der Waals surface area contributed by atoms with E-state index in [4.69, 9.17) is 4.74 Å². The molecule has 1 N–H and O–H groups in total. The molecule has 0 heterocycles. The van der Waals surface area contributed by atoms with E-state index in [1.807, 2.05) is 0 Å². The molecule has 0 bridgehead atoms. The van der Waals surface area contributed by atoms with Crippen LogP contribution in [0.15, 0.2) is 29.2 Å². The predicted molar refractivity (Wildman–Crippen MR) is 87.6 cm³/mol. The number of sulfonamides is 1. The van der Waals surface area contributed by atoms with Gasteiger partial charge in [0.2, 0.25) is 10.0 Å². The van der Waals surface area contributed by atoms with Crippen molar-refractivity contribution in [3.63, 3.8) is 0 Å². The van der Waals surface area contributed by atoms with Gasteiger partial charge in [-0.15, -0.1) is 0 Å². The number of hydrogen-bond donors (Lipinski definition) is 1. The fourth-order valence-corrected chi connectivity index (χ4v) is 3.28. The largest absolute Gasteiger partial charge is 0.456 e. The molecule has 1 aromatic carbocycles. The van der Waals surface area contributed by atoms with Crippen LogP contribution in [-0.4, -0.2) is 50.8 Å². The first-order valence-electron chi connectivity index (χ1n) is 7.96. The number of nitrogens with one attached hydrogen (secondary N) is 1. The summed E-state index contributed by atoms with van der Waals surface area (Å²) in [4.78, 5) is 22.9. The second kappa shape index (κ2) is 8.39. The molecule has 9 heteroatoms. The molecule has 138 valence electrons. The number of ether oxygens (including phenoxy) is 1. The Labute approximate surface area is 146 Å². The zero-order chi connectivity index (χ0) is 18.4. The molecule has 0 atom stereocenters. The van der Waals surface area contributed by atoms with Gasteiger partial charge in [-0.05, 0) is 43.5 Å². The summed E-state index contributed by atoms with van der Waals surface area (Å²) in [6.45, 7) is -0.220. The van der Waals surface area contributed by atoms with Gasteiger partial charge in [-0.1, -0.05) is 0 Å². The van der Waals surface area contributed by atoms with Gasteiger partial charge in [0.1, 0.15) is 5.82 Å². The summed E-state index contributed by atoms with van der Waals surface area (Å²) in [6, 6.07) is 4.73. The Bertz CT molecular complexity index is 717. The Hall–Kier alpha value is -2.00. The highest BCUT2D eigenvalue weighted by atomic mass is 32.2. The Morgan fingerprint density at radius 2 is 1.92 bits per heavy atom. The van der Waals surface area contributed by atoms with Crippen LogP contribution in [0.25, 0.3) is 0 Å². The molecule has 0 unspecified atom stereocenters. The molecule has 0 radical (unpaired) electrons. The Morgan fingerprint density at radius 1 is 1.28 bits per heavy atom.